The molecule has 0 spiro atoms. The smallest absolute Gasteiger partial charge is 0.480 e. The summed E-state index contributed by atoms with van der Waals surface area (Å²) in [4.78, 5) is 10.4. The number of carboxylic acid groups (broad SMARTS) is 1. The fraction of sp³-hybridized carbons (Fsp3) is 0.364. The zero-order chi connectivity index (χ0) is 15.8. The summed E-state index contributed by atoms with van der Waals surface area (Å²) in [5.41, 5.74) is 0. The number of ether oxygens (including phenoxy) is 1. The van der Waals surface area contributed by atoms with Gasteiger partial charge in [0.15, 0.2) is 14.6 Å². The van der Waals surface area contributed by atoms with Gasteiger partial charge in [-0.05, 0) is 32.0 Å². The molecule has 20 heavy (non-hydrogen) atoms. The van der Waals surface area contributed by atoms with Gasteiger partial charge < -0.3 is 9.84 Å². The molecule has 9 heteroatoms. The van der Waals surface area contributed by atoms with E-state index in [4.69, 9.17) is 5.11 Å². The van der Waals surface area contributed by atoms with E-state index >= 15 is 0 Å². The van der Waals surface area contributed by atoms with E-state index in [0.717, 1.165) is 32.0 Å². The van der Waals surface area contributed by atoms with Crippen LogP contribution in [0.5, 0.6) is 5.75 Å². The number of benzene rings is 1. The maximum absolute atomic E-state index is 12.1. The zero-order valence-electron chi connectivity index (χ0n) is 10.4. The lowest BCUT2D eigenvalue weighted by Crippen LogP contribution is -2.40. The number of carbonyl (C=O) groups is 1. The van der Waals surface area contributed by atoms with Crippen molar-refractivity contribution in [1.29, 1.82) is 0 Å². The van der Waals surface area contributed by atoms with Crippen LogP contribution in [0.1, 0.15) is 13.8 Å². The van der Waals surface area contributed by atoms with Crippen LogP contribution in [0.2, 0.25) is 0 Å². The van der Waals surface area contributed by atoms with Gasteiger partial charge in [-0.2, -0.15) is 0 Å². The molecule has 0 aromatic heterocycles. The van der Waals surface area contributed by atoms with E-state index in [0.29, 0.717) is 6.07 Å². The number of rotatable bonds is 4. The van der Waals surface area contributed by atoms with Crippen molar-refractivity contribution in [3.05, 3.63) is 24.3 Å². The molecule has 0 aliphatic heterocycles. The molecule has 1 rings (SSSR count). The third kappa shape index (κ3) is 3.21. The van der Waals surface area contributed by atoms with Crippen molar-refractivity contribution in [1.82, 2.24) is 0 Å². The summed E-state index contributed by atoms with van der Waals surface area (Å²) in [6, 6.07) is 3.59. The van der Waals surface area contributed by atoms with Gasteiger partial charge in [0.2, 0.25) is 0 Å². The lowest BCUT2D eigenvalue weighted by atomic mass is 10.2. The summed E-state index contributed by atoms with van der Waals surface area (Å²) < 4.78 is 61.8. The van der Waals surface area contributed by atoms with Crippen LogP contribution in [0.4, 0.5) is 13.2 Å². The van der Waals surface area contributed by atoms with Gasteiger partial charge in [0, 0.05) is 0 Å². The van der Waals surface area contributed by atoms with E-state index in [1.807, 2.05) is 0 Å². The Morgan fingerprint density at radius 3 is 2.25 bits per heavy atom. The van der Waals surface area contributed by atoms with Gasteiger partial charge in [-0.1, -0.05) is 6.07 Å². The summed E-state index contributed by atoms with van der Waals surface area (Å²) in [5, 5.41) is 8.90. The van der Waals surface area contributed by atoms with E-state index in [-0.39, 0.29) is 0 Å². The molecule has 0 saturated heterocycles. The van der Waals surface area contributed by atoms with Gasteiger partial charge in [0.1, 0.15) is 5.75 Å². The Balaban J connectivity index is 3.28. The van der Waals surface area contributed by atoms with Gasteiger partial charge in [-0.15, -0.1) is 13.2 Å². The van der Waals surface area contributed by atoms with Gasteiger partial charge in [0.05, 0.1) is 4.90 Å². The number of hydrogen-bond donors (Lipinski definition) is 1. The van der Waals surface area contributed by atoms with Crippen molar-refractivity contribution in [2.45, 2.75) is 29.9 Å². The predicted molar refractivity (Wildman–Crippen MR) is 62.0 cm³/mol. The van der Waals surface area contributed by atoms with E-state index in [2.05, 4.69) is 4.74 Å². The molecule has 0 unspecified atom stereocenters. The summed E-state index contributed by atoms with van der Waals surface area (Å²) >= 11 is 0. The minimum absolute atomic E-state index is 0.563. The summed E-state index contributed by atoms with van der Waals surface area (Å²) in [6.07, 6.45) is -4.97. The Morgan fingerprint density at radius 2 is 1.80 bits per heavy atom. The summed E-state index contributed by atoms with van der Waals surface area (Å²) in [5.74, 6) is -2.35. The predicted octanol–water partition coefficient (Wildman–Crippen LogP) is 2.22. The summed E-state index contributed by atoms with van der Waals surface area (Å²) in [7, 11) is -4.36. The molecular formula is C11H11F3O5S. The Kier molecular flexibility index (Phi) is 4.04. The number of hydrogen-bond acceptors (Lipinski definition) is 4. The normalized spacial score (nSPS) is 13.1. The Hall–Kier alpha value is -1.77. The van der Waals surface area contributed by atoms with Crippen LogP contribution >= 0.6 is 0 Å². The van der Waals surface area contributed by atoms with Crippen LogP contribution in [0.15, 0.2) is 29.2 Å². The first-order valence-electron chi connectivity index (χ1n) is 5.22. The lowest BCUT2D eigenvalue weighted by Gasteiger charge is -2.20. The first-order chi connectivity index (χ1) is 8.88. The highest BCUT2D eigenvalue weighted by Gasteiger charge is 2.43. The molecule has 0 bridgehead atoms. The average molecular weight is 312 g/mol. The summed E-state index contributed by atoms with van der Waals surface area (Å²) in [6.45, 7) is 1.89. The first kappa shape index (κ1) is 16.3. The standard InChI is InChI=1S/C11H11F3O5S/c1-10(2,9(15)16)20(17,18)8-5-3-4-7(6-8)19-11(12,13)14/h3-6H,1-2H3,(H,15,16). The topological polar surface area (TPSA) is 80.7 Å². The highest BCUT2D eigenvalue weighted by Crippen LogP contribution is 2.30. The molecule has 0 aliphatic rings. The van der Waals surface area contributed by atoms with Crippen molar-refractivity contribution in [2.75, 3.05) is 0 Å². The van der Waals surface area contributed by atoms with Crippen LogP contribution in [0, 0.1) is 0 Å². The second-order valence-electron chi connectivity index (χ2n) is 4.34. The van der Waals surface area contributed by atoms with E-state index < -0.39 is 37.6 Å². The first-order valence-corrected chi connectivity index (χ1v) is 6.70. The zero-order valence-corrected chi connectivity index (χ0v) is 11.2. The molecule has 0 radical (unpaired) electrons. The fourth-order valence-electron chi connectivity index (χ4n) is 1.25. The molecule has 1 N–H and O–H groups in total. The fourth-order valence-corrected chi connectivity index (χ4v) is 2.60. The van der Waals surface area contributed by atoms with E-state index in [9.17, 15) is 26.4 Å². The quantitative estimate of drug-likeness (QED) is 0.922. The van der Waals surface area contributed by atoms with E-state index in [1.165, 1.54) is 0 Å². The van der Waals surface area contributed by atoms with Crippen molar-refractivity contribution in [3.63, 3.8) is 0 Å². The van der Waals surface area contributed by atoms with Crippen molar-refractivity contribution < 1.29 is 36.2 Å². The number of carboxylic acids is 1. The molecule has 0 aliphatic carbocycles. The molecule has 0 fully saturated rings. The van der Waals surface area contributed by atoms with Crippen molar-refractivity contribution in [2.24, 2.45) is 0 Å². The number of alkyl halides is 3. The van der Waals surface area contributed by atoms with Gasteiger partial charge >= 0.3 is 12.3 Å². The second kappa shape index (κ2) is 4.97. The van der Waals surface area contributed by atoms with Gasteiger partial charge in [0.25, 0.3) is 0 Å². The van der Waals surface area contributed by atoms with Crippen molar-refractivity contribution in [3.8, 4) is 5.75 Å². The Morgan fingerprint density at radius 1 is 1.25 bits per heavy atom. The molecule has 1 aromatic rings. The average Bonchev–Trinajstić information content (AvgIpc) is 2.26. The van der Waals surface area contributed by atoms with Crippen LogP contribution in [-0.4, -0.2) is 30.6 Å². The van der Waals surface area contributed by atoms with Gasteiger partial charge in [-0.3, -0.25) is 4.79 Å². The van der Waals surface area contributed by atoms with Crippen LogP contribution in [-0.2, 0) is 14.6 Å². The molecule has 1 aromatic carbocycles. The minimum atomic E-state index is -4.97. The Labute approximate surface area is 112 Å². The number of halogens is 3. The van der Waals surface area contributed by atoms with E-state index in [1.54, 1.807) is 0 Å². The highest BCUT2D eigenvalue weighted by atomic mass is 32.2. The third-order valence-electron chi connectivity index (χ3n) is 2.54. The maximum atomic E-state index is 12.1. The third-order valence-corrected chi connectivity index (χ3v) is 4.93. The van der Waals surface area contributed by atoms with Crippen LogP contribution < -0.4 is 4.74 Å². The molecule has 5 nitrogen and oxygen atoms in total. The molecular weight excluding hydrogens is 301 g/mol. The van der Waals surface area contributed by atoms with Gasteiger partial charge in [-0.25, -0.2) is 8.42 Å². The SMILES string of the molecule is CC(C)(C(=O)O)S(=O)(=O)c1cccc(OC(F)(F)F)c1. The number of sulfone groups is 1. The van der Waals surface area contributed by atoms with Crippen molar-refractivity contribution >= 4 is 15.8 Å². The molecule has 112 valence electrons. The highest BCUT2D eigenvalue weighted by molar-refractivity contribution is 7.93. The molecule has 0 atom stereocenters. The Bertz CT molecular complexity index is 619. The second-order valence-corrected chi connectivity index (χ2v) is 6.84. The monoisotopic (exact) mass is 312 g/mol. The lowest BCUT2D eigenvalue weighted by molar-refractivity contribution is -0.274. The van der Waals surface area contributed by atoms with Crippen LogP contribution in [0.3, 0.4) is 0 Å². The molecule has 0 amide bonds. The largest absolute Gasteiger partial charge is 0.573 e. The number of aliphatic carboxylic acids is 1. The minimum Gasteiger partial charge on any atom is -0.480 e. The van der Waals surface area contributed by atoms with Crippen LogP contribution in [0.25, 0.3) is 0 Å². The molecule has 0 saturated carbocycles. The maximum Gasteiger partial charge on any atom is 0.573 e. The molecule has 0 heterocycles.